The van der Waals surface area contributed by atoms with E-state index in [1.54, 1.807) is 20.3 Å². The van der Waals surface area contributed by atoms with Gasteiger partial charge in [-0.1, -0.05) is 59.1 Å². The summed E-state index contributed by atoms with van der Waals surface area (Å²) in [5, 5.41) is 3.94. The van der Waals surface area contributed by atoms with E-state index < -0.39 is 0 Å². The number of aromatic nitrogens is 2. The number of ether oxygens (including phenoxy) is 2. The molecular formula is C28H29Cl2N3O3. The van der Waals surface area contributed by atoms with Crippen LogP contribution < -0.4 is 14.8 Å². The van der Waals surface area contributed by atoms with E-state index in [4.69, 9.17) is 37.7 Å². The van der Waals surface area contributed by atoms with E-state index in [0.29, 0.717) is 53.9 Å². The SMILES string of the molecule is COc1ccc(CCNC(=O)CCn2c(Cc3ccc(C)cc3)nc3cc(Cl)c(Cl)cc32)cc1OC. The van der Waals surface area contributed by atoms with Crippen LogP contribution in [0.1, 0.15) is 28.9 Å². The Morgan fingerprint density at radius 3 is 2.36 bits per heavy atom. The Hall–Kier alpha value is -3.22. The predicted octanol–water partition coefficient (Wildman–Crippen LogP) is 6.01. The molecule has 0 saturated heterocycles. The number of methoxy groups -OCH3 is 2. The molecule has 0 atom stereocenters. The van der Waals surface area contributed by atoms with Crippen LogP contribution in [-0.2, 0) is 24.2 Å². The highest BCUT2D eigenvalue weighted by atomic mass is 35.5. The molecule has 1 aromatic heterocycles. The quantitative estimate of drug-likeness (QED) is 0.275. The van der Waals surface area contributed by atoms with Gasteiger partial charge in [-0.2, -0.15) is 0 Å². The predicted molar refractivity (Wildman–Crippen MR) is 145 cm³/mol. The zero-order valence-corrected chi connectivity index (χ0v) is 22.1. The zero-order chi connectivity index (χ0) is 25.7. The average Bonchev–Trinajstić information content (AvgIpc) is 3.19. The number of benzene rings is 3. The summed E-state index contributed by atoms with van der Waals surface area (Å²) in [7, 11) is 3.22. The minimum Gasteiger partial charge on any atom is -0.493 e. The summed E-state index contributed by atoms with van der Waals surface area (Å²) >= 11 is 12.5. The van der Waals surface area contributed by atoms with Crippen LogP contribution in [0.5, 0.6) is 11.5 Å². The lowest BCUT2D eigenvalue weighted by atomic mass is 10.1. The molecule has 3 aromatic carbocycles. The number of fused-ring (bicyclic) bond motifs is 1. The van der Waals surface area contributed by atoms with Crippen molar-refractivity contribution >= 4 is 40.1 Å². The molecule has 0 bridgehead atoms. The topological polar surface area (TPSA) is 65.4 Å². The third-order valence-electron chi connectivity index (χ3n) is 6.10. The Morgan fingerprint density at radius 1 is 0.944 bits per heavy atom. The second-order valence-corrected chi connectivity index (χ2v) is 9.45. The second kappa shape index (κ2) is 11.7. The van der Waals surface area contributed by atoms with Crippen molar-refractivity contribution in [1.29, 1.82) is 0 Å². The fraction of sp³-hybridized carbons (Fsp3) is 0.286. The summed E-state index contributed by atoms with van der Waals surface area (Å²) in [5.74, 6) is 2.19. The minimum absolute atomic E-state index is 0.0290. The number of nitrogens with zero attached hydrogens (tertiary/aromatic N) is 2. The van der Waals surface area contributed by atoms with Crippen LogP contribution in [-0.4, -0.2) is 36.2 Å². The molecular weight excluding hydrogens is 497 g/mol. The van der Waals surface area contributed by atoms with Crippen LogP contribution in [0.4, 0.5) is 0 Å². The number of carbonyl (C=O) groups is 1. The molecule has 0 aliphatic heterocycles. The van der Waals surface area contributed by atoms with Crippen molar-refractivity contribution in [2.24, 2.45) is 0 Å². The summed E-state index contributed by atoms with van der Waals surface area (Å²) < 4.78 is 12.7. The number of hydrogen-bond acceptors (Lipinski definition) is 4. The summed E-state index contributed by atoms with van der Waals surface area (Å²) in [6.07, 6.45) is 1.65. The van der Waals surface area contributed by atoms with Crippen LogP contribution in [0.25, 0.3) is 11.0 Å². The molecule has 0 fully saturated rings. The van der Waals surface area contributed by atoms with Crippen LogP contribution in [0.15, 0.2) is 54.6 Å². The third-order valence-corrected chi connectivity index (χ3v) is 6.82. The van der Waals surface area contributed by atoms with E-state index in [0.717, 1.165) is 28.0 Å². The Labute approximate surface area is 221 Å². The highest BCUT2D eigenvalue weighted by Crippen LogP contribution is 2.30. The molecule has 0 saturated carbocycles. The van der Waals surface area contributed by atoms with Gasteiger partial charge in [0, 0.05) is 25.9 Å². The van der Waals surface area contributed by atoms with Gasteiger partial charge in [0.15, 0.2) is 11.5 Å². The normalized spacial score (nSPS) is 11.0. The average molecular weight is 526 g/mol. The van der Waals surface area contributed by atoms with Gasteiger partial charge in [-0.15, -0.1) is 0 Å². The number of nitrogens with one attached hydrogen (secondary N) is 1. The summed E-state index contributed by atoms with van der Waals surface area (Å²) in [4.78, 5) is 17.5. The van der Waals surface area contributed by atoms with Gasteiger partial charge in [-0.25, -0.2) is 4.98 Å². The van der Waals surface area contributed by atoms with E-state index in [9.17, 15) is 4.79 Å². The number of halogens is 2. The molecule has 1 heterocycles. The lowest BCUT2D eigenvalue weighted by Crippen LogP contribution is -2.26. The Balaban J connectivity index is 1.43. The molecule has 0 spiro atoms. The maximum Gasteiger partial charge on any atom is 0.221 e. The molecule has 0 aliphatic carbocycles. The summed E-state index contributed by atoms with van der Waals surface area (Å²) in [6.45, 7) is 3.07. The second-order valence-electron chi connectivity index (χ2n) is 8.64. The maximum atomic E-state index is 12.7. The van der Waals surface area contributed by atoms with Crippen molar-refractivity contribution in [3.8, 4) is 11.5 Å². The molecule has 8 heteroatoms. The lowest BCUT2D eigenvalue weighted by Gasteiger charge is -2.12. The molecule has 0 aliphatic rings. The molecule has 4 aromatic rings. The van der Waals surface area contributed by atoms with Gasteiger partial charge in [-0.3, -0.25) is 4.79 Å². The molecule has 0 radical (unpaired) electrons. The molecule has 1 N–H and O–H groups in total. The van der Waals surface area contributed by atoms with Crippen molar-refractivity contribution < 1.29 is 14.3 Å². The first kappa shape index (κ1) is 25.9. The van der Waals surface area contributed by atoms with E-state index in [1.165, 1.54) is 5.56 Å². The highest BCUT2D eigenvalue weighted by molar-refractivity contribution is 6.42. The van der Waals surface area contributed by atoms with Crippen LogP contribution >= 0.6 is 23.2 Å². The third kappa shape index (κ3) is 6.12. The van der Waals surface area contributed by atoms with Crippen molar-refractivity contribution in [3.05, 3.63) is 87.2 Å². The number of amides is 1. The van der Waals surface area contributed by atoms with Crippen molar-refractivity contribution in [3.63, 3.8) is 0 Å². The van der Waals surface area contributed by atoms with Gasteiger partial charge in [0.05, 0.1) is 35.3 Å². The Kier molecular flexibility index (Phi) is 8.39. The molecule has 0 unspecified atom stereocenters. The summed E-state index contributed by atoms with van der Waals surface area (Å²) in [6, 6.07) is 17.7. The van der Waals surface area contributed by atoms with Gasteiger partial charge in [0.2, 0.25) is 5.91 Å². The minimum atomic E-state index is -0.0290. The van der Waals surface area contributed by atoms with Crippen LogP contribution in [0.2, 0.25) is 10.0 Å². The first-order valence-electron chi connectivity index (χ1n) is 11.7. The lowest BCUT2D eigenvalue weighted by molar-refractivity contribution is -0.121. The van der Waals surface area contributed by atoms with Crippen molar-refractivity contribution in [2.45, 2.75) is 32.7 Å². The van der Waals surface area contributed by atoms with Crippen molar-refractivity contribution in [2.75, 3.05) is 20.8 Å². The van der Waals surface area contributed by atoms with E-state index in [1.807, 2.05) is 24.3 Å². The monoisotopic (exact) mass is 525 g/mol. The molecule has 6 nitrogen and oxygen atoms in total. The van der Waals surface area contributed by atoms with Crippen LogP contribution in [0, 0.1) is 6.92 Å². The van der Waals surface area contributed by atoms with E-state index in [2.05, 4.69) is 41.1 Å². The molecule has 188 valence electrons. The highest BCUT2D eigenvalue weighted by Gasteiger charge is 2.15. The van der Waals surface area contributed by atoms with Gasteiger partial charge in [-0.05, 0) is 48.7 Å². The standard InChI is InChI=1S/C28H29Cl2N3O3/c1-18-4-6-19(7-5-18)15-27-32-23-16-21(29)22(30)17-24(23)33(27)13-11-28(34)31-12-10-20-8-9-25(35-2)26(14-20)36-3/h4-9,14,16-17H,10-13,15H2,1-3H3,(H,31,34). The first-order chi connectivity index (χ1) is 17.4. The Morgan fingerprint density at radius 2 is 1.64 bits per heavy atom. The van der Waals surface area contributed by atoms with Gasteiger partial charge in [0.1, 0.15) is 5.82 Å². The molecule has 1 amide bonds. The smallest absolute Gasteiger partial charge is 0.221 e. The number of imidazole rings is 1. The zero-order valence-electron chi connectivity index (χ0n) is 20.6. The molecule has 36 heavy (non-hydrogen) atoms. The fourth-order valence-electron chi connectivity index (χ4n) is 4.13. The number of hydrogen-bond donors (Lipinski definition) is 1. The Bertz CT molecular complexity index is 1370. The molecule has 4 rings (SSSR count). The first-order valence-corrected chi connectivity index (χ1v) is 12.5. The maximum absolute atomic E-state index is 12.7. The van der Waals surface area contributed by atoms with Gasteiger partial charge in [0.25, 0.3) is 0 Å². The van der Waals surface area contributed by atoms with Crippen molar-refractivity contribution in [1.82, 2.24) is 14.9 Å². The van der Waals surface area contributed by atoms with Gasteiger partial charge < -0.3 is 19.4 Å². The van der Waals surface area contributed by atoms with E-state index >= 15 is 0 Å². The number of rotatable bonds is 10. The van der Waals surface area contributed by atoms with E-state index in [-0.39, 0.29) is 5.91 Å². The van der Waals surface area contributed by atoms with Gasteiger partial charge >= 0.3 is 0 Å². The van der Waals surface area contributed by atoms with Crippen LogP contribution in [0.3, 0.4) is 0 Å². The summed E-state index contributed by atoms with van der Waals surface area (Å²) in [5.41, 5.74) is 5.04. The number of carbonyl (C=O) groups excluding carboxylic acids is 1. The number of aryl methyl sites for hydroxylation is 2. The fourth-order valence-corrected chi connectivity index (χ4v) is 4.44. The largest absolute Gasteiger partial charge is 0.493 e.